The molecule has 0 aliphatic carbocycles. The predicted molar refractivity (Wildman–Crippen MR) is 79.3 cm³/mol. The van der Waals surface area contributed by atoms with Gasteiger partial charge in [-0.15, -0.1) is 0 Å². The number of piperidine rings is 1. The van der Waals surface area contributed by atoms with Crippen molar-refractivity contribution in [2.45, 2.75) is 31.8 Å². The van der Waals surface area contributed by atoms with E-state index < -0.39 is 0 Å². The first-order valence-electron chi connectivity index (χ1n) is 6.93. The van der Waals surface area contributed by atoms with Crippen LogP contribution in [0.25, 0.3) is 0 Å². The van der Waals surface area contributed by atoms with E-state index in [1.165, 1.54) is 6.07 Å². The summed E-state index contributed by atoms with van der Waals surface area (Å²) < 4.78 is 20.0. The van der Waals surface area contributed by atoms with Gasteiger partial charge in [-0.3, -0.25) is 4.79 Å². The Morgan fingerprint density at radius 1 is 1.40 bits per heavy atom. The molecule has 1 aliphatic rings. The molecule has 0 radical (unpaired) electrons. The Morgan fingerprint density at radius 3 is 2.90 bits per heavy atom. The maximum Gasteiger partial charge on any atom is 0.139 e. The van der Waals surface area contributed by atoms with Crippen LogP contribution in [0.5, 0.6) is 0 Å². The Hall–Kier alpha value is -0.780. The third kappa shape index (κ3) is 4.96. The Balaban J connectivity index is 1.73. The van der Waals surface area contributed by atoms with E-state index in [2.05, 4.69) is 21.2 Å². The van der Waals surface area contributed by atoms with Crippen molar-refractivity contribution in [3.05, 3.63) is 34.1 Å². The molecule has 1 fully saturated rings. The van der Waals surface area contributed by atoms with Gasteiger partial charge in [-0.25, -0.2) is 4.39 Å². The van der Waals surface area contributed by atoms with Crippen LogP contribution in [0.3, 0.4) is 0 Å². The highest BCUT2D eigenvalue weighted by atomic mass is 79.9. The Morgan fingerprint density at radius 2 is 2.15 bits per heavy atom. The number of hydrogen-bond acceptors (Lipinski definition) is 3. The van der Waals surface area contributed by atoms with E-state index in [1.54, 1.807) is 12.1 Å². The van der Waals surface area contributed by atoms with E-state index in [9.17, 15) is 9.18 Å². The van der Waals surface area contributed by atoms with Gasteiger partial charge in [0, 0.05) is 17.3 Å². The molecule has 1 aromatic carbocycles. The van der Waals surface area contributed by atoms with Crippen molar-refractivity contribution in [2.24, 2.45) is 0 Å². The van der Waals surface area contributed by atoms with Gasteiger partial charge in [0.2, 0.25) is 0 Å². The summed E-state index contributed by atoms with van der Waals surface area (Å²) in [5.74, 6) is -0.322. The molecule has 1 aromatic rings. The molecule has 5 heteroatoms. The molecule has 0 atom stereocenters. The lowest BCUT2D eigenvalue weighted by atomic mass is 10.1. The number of benzene rings is 1. The number of carbonyl (C=O) groups is 1. The van der Waals surface area contributed by atoms with Gasteiger partial charge in [-0.1, -0.05) is 15.9 Å². The minimum absolute atomic E-state index is 0.0101. The zero-order chi connectivity index (χ0) is 14.4. The summed E-state index contributed by atoms with van der Waals surface area (Å²) in [5.41, 5.74) is 0.436. The Labute approximate surface area is 127 Å². The number of ketones is 1. The molecule has 1 saturated heterocycles. The number of halogens is 2. The number of carbonyl (C=O) groups excluding carboxylic acids is 1. The lowest BCUT2D eigenvalue weighted by Gasteiger charge is -2.22. The quantitative estimate of drug-likeness (QED) is 0.863. The van der Waals surface area contributed by atoms with Crippen LogP contribution in [-0.2, 0) is 16.0 Å². The number of Topliss-reactive ketones (excluding diaryl/α,β-unsaturated/α-hetero) is 1. The smallest absolute Gasteiger partial charge is 0.139 e. The molecule has 1 heterocycles. The van der Waals surface area contributed by atoms with E-state index in [1.807, 2.05) is 0 Å². The fraction of sp³-hybridized carbons (Fsp3) is 0.533. The number of nitrogens with one attached hydrogen (secondary N) is 1. The van der Waals surface area contributed by atoms with Crippen molar-refractivity contribution in [1.29, 1.82) is 0 Å². The monoisotopic (exact) mass is 343 g/mol. The van der Waals surface area contributed by atoms with Gasteiger partial charge in [0.1, 0.15) is 11.6 Å². The number of hydrogen-bond donors (Lipinski definition) is 1. The van der Waals surface area contributed by atoms with E-state index in [4.69, 9.17) is 4.74 Å². The molecular weight excluding hydrogens is 325 g/mol. The minimum Gasteiger partial charge on any atom is -0.378 e. The maximum atomic E-state index is 13.5. The average molecular weight is 344 g/mol. The Kier molecular flexibility index (Phi) is 6.13. The summed E-state index contributed by atoms with van der Waals surface area (Å²) in [6.07, 6.45) is 2.71. The fourth-order valence-electron chi connectivity index (χ4n) is 2.28. The van der Waals surface area contributed by atoms with Crippen LogP contribution in [0.1, 0.15) is 24.8 Å². The second-order valence-corrected chi connectivity index (χ2v) is 5.94. The molecule has 1 N–H and O–H groups in total. The molecule has 0 unspecified atom stereocenters. The average Bonchev–Trinajstić information content (AvgIpc) is 2.44. The van der Waals surface area contributed by atoms with Crippen LogP contribution in [-0.4, -0.2) is 31.6 Å². The first-order chi connectivity index (χ1) is 9.65. The van der Waals surface area contributed by atoms with Crippen LogP contribution >= 0.6 is 15.9 Å². The molecule has 1 aliphatic heterocycles. The summed E-state index contributed by atoms with van der Waals surface area (Å²) in [7, 11) is 0. The number of rotatable bonds is 6. The molecule has 20 heavy (non-hydrogen) atoms. The molecule has 0 bridgehead atoms. The first kappa shape index (κ1) is 15.6. The second-order valence-electron chi connectivity index (χ2n) is 5.02. The lowest BCUT2D eigenvalue weighted by molar-refractivity contribution is -0.120. The van der Waals surface area contributed by atoms with Crippen molar-refractivity contribution >= 4 is 21.7 Å². The standard InChI is InChI=1S/C15H19BrFNO2/c16-12-1-2-15(17)11(9-12)10-13(19)5-8-20-14-3-6-18-7-4-14/h1-2,9,14,18H,3-8,10H2. The molecule has 0 saturated carbocycles. The zero-order valence-electron chi connectivity index (χ0n) is 11.3. The lowest BCUT2D eigenvalue weighted by Crippen LogP contribution is -2.32. The second kappa shape index (κ2) is 7.86. The fourth-order valence-corrected chi connectivity index (χ4v) is 2.69. The van der Waals surface area contributed by atoms with Gasteiger partial charge in [-0.05, 0) is 49.7 Å². The van der Waals surface area contributed by atoms with Crippen molar-refractivity contribution < 1.29 is 13.9 Å². The van der Waals surface area contributed by atoms with Crippen LogP contribution in [0.15, 0.2) is 22.7 Å². The third-order valence-electron chi connectivity index (χ3n) is 3.42. The van der Waals surface area contributed by atoms with Gasteiger partial charge >= 0.3 is 0 Å². The molecule has 2 rings (SSSR count). The minimum atomic E-state index is -0.333. The number of ether oxygens (including phenoxy) is 1. The largest absolute Gasteiger partial charge is 0.378 e. The molecule has 3 nitrogen and oxygen atoms in total. The maximum absolute atomic E-state index is 13.5. The SMILES string of the molecule is O=C(CCOC1CCNCC1)Cc1cc(Br)ccc1F. The molecule has 110 valence electrons. The van der Waals surface area contributed by atoms with E-state index in [0.29, 0.717) is 18.6 Å². The van der Waals surface area contributed by atoms with Gasteiger partial charge in [-0.2, -0.15) is 0 Å². The van der Waals surface area contributed by atoms with Crippen LogP contribution in [0, 0.1) is 5.82 Å². The molecule has 0 aromatic heterocycles. The van der Waals surface area contributed by atoms with Crippen molar-refractivity contribution in [3.8, 4) is 0 Å². The highest BCUT2D eigenvalue weighted by molar-refractivity contribution is 9.10. The van der Waals surface area contributed by atoms with Gasteiger partial charge in [0.25, 0.3) is 0 Å². The van der Waals surface area contributed by atoms with Gasteiger partial charge < -0.3 is 10.1 Å². The summed E-state index contributed by atoms with van der Waals surface area (Å²) in [5, 5.41) is 3.27. The third-order valence-corrected chi connectivity index (χ3v) is 3.91. The normalized spacial score (nSPS) is 16.3. The first-order valence-corrected chi connectivity index (χ1v) is 7.72. The summed E-state index contributed by atoms with van der Waals surface area (Å²) >= 11 is 3.28. The Bertz CT molecular complexity index is 461. The van der Waals surface area contributed by atoms with E-state index in [0.717, 1.165) is 30.4 Å². The molecule has 0 spiro atoms. The van der Waals surface area contributed by atoms with Crippen LogP contribution in [0.2, 0.25) is 0 Å². The summed E-state index contributed by atoms with van der Waals surface area (Å²) in [4.78, 5) is 11.8. The van der Waals surface area contributed by atoms with Gasteiger partial charge in [0.05, 0.1) is 12.7 Å². The summed E-state index contributed by atoms with van der Waals surface area (Å²) in [6, 6.07) is 4.66. The van der Waals surface area contributed by atoms with Crippen molar-refractivity contribution in [2.75, 3.05) is 19.7 Å². The zero-order valence-corrected chi connectivity index (χ0v) is 12.9. The van der Waals surface area contributed by atoms with E-state index in [-0.39, 0.29) is 24.1 Å². The highest BCUT2D eigenvalue weighted by Crippen LogP contribution is 2.16. The predicted octanol–water partition coefficient (Wildman–Crippen LogP) is 2.86. The summed E-state index contributed by atoms with van der Waals surface area (Å²) in [6.45, 7) is 2.38. The molecular formula is C15H19BrFNO2. The van der Waals surface area contributed by atoms with Crippen LogP contribution in [0.4, 0.5) is 4.39 Å². The topological polar surface area (TPSA) is 38.3 Å². The van der Waals surface area contributed by atoms with Crippen molar-refractivity contribution in [1.82, 2.24) is 5.32 Å². The van der Waals surface area contributed by atoms with Gasteiger partial charge in [0.15, 0.2) is 0 Å². The van der Waals surface area contributed by atoms with Crippen LogP contribution < -0.4 is 5.32 Å². The van der Waals surface area contributed by atoms with Crippen molar-refractivity contribution in [3.63, 3.8) is 0 Å². The molecule has 0 amide bonds. The van der Waals surface area contributed by atoms with E-state index >= 15 is 0 Å². The highest BCUT2D eigenvalue weighted by Gasteiger charge is 2.14.